The number of aromatic nitrogens is 3. The maximum absolute atomic E-state index is 5.98. The van der Waals surface area contributed by atoms with Gasteiger partial charge in [0.1, 0.15) is 0 Å². The molecule has 3 aromatic heterocycles. The molecule has 8 rings (SSSR count). The average molecular weight is 958 g/mol. The average Bonchev–Trinajstić information content (AvgIpc) is 3.80. The maximum atomic E-state index is 5.98. The van der Waals surface area contributed by atoms with E-state index in [-0.39, 0.29) is 20.1 Å². The Bertz CT molecular complexity index is 2600. The minimum atomic E-state index is -1.34. The number of hydrogen-bond donors (Lipinski definition) is 0. The van der Waals surface area contributed by atoms with Crippen molar-refractivity contribution in [3.63, 3.8) is 0 Å². The van der Waals surface area contributed by atoms with Crippen LogP contribution in [0.25, 0.3) is 61.5 Å². The van der Waals surface area contributed by atoms with Gasteiger partial charge in [0.05, 0.1) is 24.9 Å². The molecule has 0 bridgehead atoms. The molecule has 0 aliphatic rings. The molecule has 1 radical (unpaired) electrons. The van der Waals surface area contributed by atoms with E-state index in [0.29, 0.717) is 17.8 Å². The van der Waals surface area contributed by atoms with Crippen LogP contribution >= 0.6 is 0 Å². The summed E-state index contributed by atoms with van der Waals surface area (Å²) in [5.74, 6) is 2.16. The van der Waals surface area contributed by atoms with Crippen LogP contribution < -0.4 is 5.19 Å². The van der Waals surface area contributed by atoms with Crippen LogP contribution in [0, 0.1) is 25.2 Å². The smallest absolute Gasteiger partial charge is 0.0798 e. The van der Waals surface area contributed by atoms with E-state index in [1.807, 2.05) is 18.2 Å². The molecule has 0 N–H and O–H groups in total. The first-order valence-electron chi connectivity index (χ1n) is 20.4. The Labute approximate surface area is 360 Å². The van der Waals surface area contributed by atoms with Crippen molar-refractivity contribution < 1.29 is 24.5 Å². The zero-order valence-electron chi connectivity index (χ0n) is 35.6. The zero-order valence-corrected chi connectivity index (χ0v) is 39.0. The second kappa shape index (κ2) is 17.9. The predicted molar refractivity (Wildman–Crippen MR) is 243 cm³/mol. The Morgan fingerprint density at radius 1 is 0.741 bits per heavy atom. The van der Waals surface area contributed by atoms with Crippen LogP contribution in [0.1, 0.15) is 75.6 Å². The van der Waals surface area contributed by atoms with Gasteiger partial charge in [0.15, 0.2) is 0 Å². The Hall–Kier alpha value is -4.87. The molecule has 299 valence electrons. The summed E-state index contributed by atoms with van der Waals surface area (Å²) in [6.45, 7) is 22.9. The Morgan fingerprint density at radius 3 is 2.05 bits per heavy atom. The molecule has 0 atom stereocenters. The van der Waals surface area contributed by atoms with Gasteiger partial charge in [-0.25, -0.2) is 0 Å². The molecule has 0 unspecified atom stereocenters. The molecule has 3 heterocycles. The van der Waals surface area contributed by atoms with Gasteiger partial charge in [-0.15, -0.1) is 42.0 Å². The number of fused-ring (bicyclic) bond motifs is 2. The van der Waals surface area contributed by atoms with Gasteiger partial charge >= 0.3 is 0 Å². The standard InChI is InChI=1S/C34H31N2O.C18H24NSi.Ir/c1-21(2)27-18-25(24-13-7-6-8-14-24)19-28(22(3)4)32(27)36-31-17-10-9-16-30(31)35-34(36)29-20-37-33-23(5)12-11-15-26(29)33;1-14(2)11-16-12-17(15-9-7-6-8-10-15)19-13-18(16)20(3,4)5;/h6-19,21-22H,1-5H3;6-9,12-14H,11H2,1-5H3;/q2*-1;. The van der Waals surface area contributed by atoms with E-state index in [9.17, 15) is 0 Å². The first-order valence-corrected chi connectivity index (χ1v) is 23.9. The molecule has 0 spiro atoms. The summed E-state index contributed by atoms with van der Waals surface area (Å²) in [6, 6.07) is 43.7. The SMILES string of the molecule is CC(C)Cc1cc(-c2[c-]cccc2)ncc1[Si](C)(C)C.Cc1cccc2c(-c3nc4ccccc4n3-c3c(C(C)C)cc(-c4ccccc4)cc3C(C)C)[c-]oc12.[Ir]. The monoisotopic (exact) mass is 958 g/mol. The molecule has 0 aliphatic carbocycles. The van der Waals surface area contributed by atoms with Crippen molar-refractivity contribution in [2.45, 2.75) is 86.4 Å². The van der Waals surface area contributed by atoms with Crippen LogP contribution in [-0.4, -0.2) is 22.6 Å². The van der Waals surface area contributed by atoms with Gasteiger partial charge in [-0.2, -0.15) is 0 Å². The van der Waals surface area contributed by atoms with E-state index < -0.39 is 8.07 Å². The van der Waals surface area contributed by atoms with Crippen LogP contribution in [0.4, 0.5) is 0 Å². The van der Waals surface area contributed by atoms with Crippen LogP contribution in [0.2, 0.25) is 19.6 Å². The fourth-order valence-corrected chi connectivity index (χ4v) is 9.41. The van der Waals surface area contributed by atoms with Gasteiger partial charge < -0.3 is 14.0 Å². The number of imidazole rings is 1. The summed E-state index contributed by atoms with van der Waals surface area (Å²) in [6.07, 6.45) is 6.46. The summed E-state index contributed by atoms with van der Waals surface area (Å²) in [5, 5.41) is 2.53. The van der Waals surface area contributed by atoms with Crippen LogP contribution in [-0.2, 0) is 26.5 Å². The number of rotatable bonds is 9. The Kier molecular flexibility index (Phi) is 13.2. The predicted octanol–water partition coefficient (Wildman–Crippen LogP) is 13.8. The number of nitrogens with zero attached hydrogens (tertiary/aromatic N) is 3. The Morgan fingerprint density at radius 2 is 1.41 bits per heavy atom. The normalized spacial score (nSPS) is 11.7. The molecule has 58 heavy (non-hydrogen) atoms. The largest absolute Gasteiger partial charge is 0.557 e. The van der Waals surface area contributed by atoms with E-state index in [4.69, 9.17) is 9.40 Å². The molecule has 0 amide bonds. The van der Waals surface area contributed by atoms with Gasteiger partial charge in [-0.05, 0) is 88.5 Å². The zero-order chi connectivity index (χ0) is 40.4. The third-order valence-corrected chi connectivity index (χ3v) is 12.7. The van der Waals surface area contributed by atoms with E-state index in [1.54, 1.807) is 0 Å². The van der Waals surface area contributed by atoms with Crippen LogP contribution in [0.5, 0.6) is 0 Å². The molecular formula is C52H55IrN3OSi-2. The molecule has 4 nitrogen and oxygen atoms in total. The number of pyridine rings is 1. The van der Waals surface area contributed by atoms with Crippen molar-refractivity contribution >= 4 is 35.3 Å². The molecule has 0 aliphatic heterocycles. The first-order chi connectivity index (χ1) is 27.3. The third-order valence-electron chi connectivity index (χ3n) is 10.7. The minimum Gasteiger partial charge on any atom is -0.557 e. The first kappa shape index (κ1) is 42.7. The molecule has 5 aromatic carbocycles. The molecule has 0 saturated carbocycles. The van der Waals surface area contributed by atoms with Crippen LogP contribution in [0.3, 0.4) is 0 Å². The topological polar surface area (TPSA) is 43.9 Å². The Balaban J connectivity index is 0.000000230. The fourth-order valence-electron chi connectivity index (χ4n) is 7.82. The van der Waals surface area contributed by atoms with Crippen LogP contribution in [0.15, 0.2) is 126 Å². The van der Waals surface area contributed by atoms with Gasteiger partial charge in [-0.1, -0.05) is 144 Å². The van der Waals surface area contributed by atoms with E-state index in [1.165, 1.54) is 38.7 Å². The summed E-state index contributed by atoms with van der Waals surface area (Å²) >= 11 is 0. The van der Waals surface area contributed by atoms with Crippen molar-refractivity contribution in [2.75, 3.05) is 0 Å². The van der Waals surface area contributed by atoms with Gasteiger partial charge in [0.25, 0.3) is 0 Å². The van der Waals surface area contributed by atoms with Gasteiger partial charge in [0.2, 0.25) is 0 Å². The summed E-state index contributed by atoms with van der Waals surface area (Å²) in [7, 11) is -1.34. The van der Waals surface area contributed by atoms with Crippen molar-refractivity contribution in [1.29, 1.82) is 0 Å². The maximum Gasteiger partial charge on any atom is 0.0798 e. The van der Waals surface area contributed by atoms with Crippen molar-refractivity contribution in [3.8, 4) is 39.5 Å². The van der Waals surface area contributed by atoms with Crippen molar-refractivity contribution in [2.24, 2.45) is 5.92 Å². The van der Waals surface area contributed by atoms with Crippen molar-refractivity contribution in [3.05, 3.63) is 156 Å². The summed E-state index contributed by atoms with van der Waals surface area (Å²) < 4.78 is 8.32. The minimum absolute atomic E-state index is 0. The van der Waals surface area contributed by atoms with Crippen molar-refractivity contribution in [1.82, 2.24) is 14.5 Å². The third kappa shape index (κ3) is 8.90. The number of hydrogen-bond acceptors (Lipinski definition) is 3. The molecular weight excluding hydrogens is 903 g/mol. The fraction of sp³-hybridized carbons (Fsp3) is 0.269. The number of aryl methyl sites for hydroxylation is 1. The van der Waals surface area contributed by atoms with E-state index >= 15 is 0 Å². The second-order valence-electron chi connectivity index (χ2n) is 17.3. The molecule has 0 fully saturated rings. The quantitative estimate of drug-likeness (QED) is 0.107. The molecule has 0 saturated heterocycles. The molecule has 8 aromatic rings. The number of para-hydroxylation sites is 3. The number of furan rings is 1. The summed E-state index contributed by atoms with van der Waals surface area (Å²) in [4.78, 5) is 9.85. The molecule has 6 heteroatoms. The second-order valence-corrected chi connectivity index (χ2v) is 22.4. The van der Waals surface area contributed by atoms with Gasteiger partial charge in [0, 0.05) is 43.8 Å². The summed E-state index contributed by atoms with van der Waals surface area (Å²) in [5.41, 5.74) is 14.8. The van der Waals surface area contributed by atoms with E-state index in [0.717, 1.165) is 56.6 Å². The van der Waals surface area contributed by atoms with Gasteiger partial charge in [-0.3, -0.25) is 4.98 Å². The number of benzene rings is 5. The van der Waals surface area contributed by atoms with E-state index in [2.05, 4.69) is 193 Å².